The molecule has 3 rings (SSSR count). The molecule has 3 N–H and O–H groups in total. The van der Waals surface area contributed by atoms with Gasteiger partial charge in [0.2, 0.25) is 23.4 Å². The molecule has 2 fully saturated rings. The summed E-state index contributed by atoms with van der Waals surface area (Å²) in [6.45, 7) is 0.943. The van der Waals surface area contributed by atoms with Crippen LogP contribution in [0.2, 0.25) is 5.28 Å². The lowest BCUT2D eigenvalue weighted by Crippen LogP contribution is -2.45. The van der Waals surface area contributed by atoms with Crippen LogP contribution >= 0.6 is 11.6 Å². The van der Waals surface area contributed by atoms with E-state index in [-0.39, 0.29) is 42.0 Å². The van der Waals surface area contributed by atoms with Crippen LogP contribution in [0.4, 0.5) is 16.0 Å². The number of carbonyl (C=O) groups is 2. The maximum Gasteiger partial charge on any atom is 0.243 e. The number of nitrogens with one attached hydrogen (secondary N) is 2. The van der Waals surface area contributed by atoms with E-state index >= 15 is 4.39 Å². The van der Waals surface area contributed by atoms with Gasteiger partial charge in [0.05, 0.1) is 12.5 Å². The molecule has 1 aliphatic carbocycles. The van der Waals surface area contributed by atoms with Crippen LogP contribution < -0.4 is 15.8 Å². The molecule has 0 aromatic carbocycles. The van der Waals surface area contributed by atoms with Crippen molar-refractivity contribution >= 4 is 35.6 Å². The van der Waals surface area contributed by atoms with Crippen LogP contribution in [0.5, 0.6) is 0 Å². The summed E-state index contributed by atoms with van der Waals surface area (Å²) in [6.07, 6.45) is 4.98. The first kappa shape index (κ1) is 27.3. The van der Waals surface area contributed by atoms with E-state index in [9.17, 15) is 14.8 Å². The quantitative estimate of drug-likeness (QED) is 0.174. The number of carbonyl (C=O) groups excluding carboxylic acids is 2. The fourth-order valence-electron chi connectivity index (χ4n) is 5.06. The number of hydrogen-bond donors (Lipinski definition) is 3. The monoisotopic (exact) mass is 514 g/mol. The first-order valence-electron chi connectivity index (χ1n) is 11.9. The van der Waals surface area contributed by atoms with Crippen molar-refractivity contribution in [1.29, 1.82) is 0 Å². The minimum Gasteiger partial charge on any atom is -0.351 e. The molecule has 2 amide bonds. The summed E-state index contributed by atoms with van der Waals surface area (Å²) in [6, 6.07) is 0.315. The summed E-state index contributed by atoms with van der Waals surface area (Å²) >= 11 is 6.11. The number of hydroxylamine groups is 2. The highest BCUT2D eigenvalue weighted by atomic mass is 35.5. The van der Waals surface area contributed by atoms with Crippen LogP contribution in [-0.4, -0.2) is 102 Å². The molecule has 1 aliphatic heterocycles. The van der Waals surface area contributed by atoms with Crippen molar-refractivity contribution in [2.24, 2.45) is 11.8 Å². The van der Waals surface area contributed by atoms with Crippen LogP contribution in [0.1, 0.15) is 32.1 Å². The zero-order valence-corrected chi connectivity index (χ0v) is 21.5. The molecule has 196 valence electrons. The van der Waals surface area contributed by atoms with Gasteiger partial charge in [0.25, 0.3) is 0 Å². The summed E-state index contributed by atoms with van der Waals surface area (Å²) in [4.78, 5) is 37.8. The number of hydrazine groups is 1. The minimum absolute atomic E-state index is 0.0583. The fraction of sp³-hybridized carbons (Fsp3) is 0.727. The lowest BCUT2D eigenvalue weighted by Gasteiger charge is -2.29. The Kier molecular flexibility index (Phi) is 9.45. The van der Waals surface area contributed by atoms with E-state index in [4.69, 9.17) is 11.6 Å². The SMILES string of the molecule is CN(C)C1CN(c2nc(Cl)nc(NNC(=O)[C@H](CC3CCCC3)CN(O)C=O)c2F)CC1N(C)C. The van der Waals surface area contributed by atoms with Gasteiger partial charge in [-0.25, -0.2) is 5.06 Å². The van der Waals surface area contributed by atoms with Crippen molar-refractivity contribution in [2.75, 3.05) is 58.2 Å². The van der Waals surface area contributed by atoms with Gasteiger partial charge >= 0.3 is 0 Å². The average molecular weight is 515 g/mol. The lowest BCUT2D eigenvalue weighted by molar-refractivity contribution is -0.154. The van der Waals surface area contributed by atoms with E-state index in [1.165, 1.54) is 0 Å². The number of likely N-dealkylation sites (N-methyl/N-ethyl adjacent to an activating group) is 2. The van der Waals surface area contributed by atoms with Gasteiger partial charge in [-0.2, -0.15) is 14.4 Å². The maximum absolute atomic E-state index is 15.4. The number of rotatable bonds is 11. The number of aromatic nitrogens is 2. The highest BCUT2D eigenvalue weighted by Crippen LogP contribution is 2.31. The second kappa shape index (κ2) is 12.1. The highest BCUT2D eigenvalue weighted by Gasteiger charge is 2.38. The first-order chi connectivity index (χ1) is 16.6. The van der Waals surface area contributed by atoms with Gasteiger partial charge in [0, 0.05) is 25.2 Å². The Labute approximate surface area is 210 Å². The smallest absolute Gasteiger partial charge is 0.243 e. The molecular weight excluding hydrogens is 479 g/mol. The predicted octanol–water partition coefficient (Wildman–Crippen LogP) is 1.44. The number of anilines is 2. The standard InChI is InChI=1S/C22H36ClFN8O3/c1-29(2)16-11-31(12-17(16)30(3)4)20-18(24)19(25-22(23)26-20)27-28-21(34)15(10-32(35)13-33)9-14-7-5-6-8-14/h13-17,35H,5-12H2,1-4H3,(H,28,34)(H,25,26,27)/t15-,16?,17?/m1/s1. The van der Waals surface area contributed by atoms with Crippen LogP contribution in [0, 0.1) is 17.7 Å². The van der Waals surface area contributed by atoms with Gasteiger partial charge in [-0.15, -0.1) is 0 Å². The third kappa shape index (κ3) is 6.90. The first-order valence-corrected chi connectivity index (χ1v) is 12.3. The third-order valence-electron chi connectivity index (χ3n) is 6.99. The average Bonchev–Trinajstić information content (AvgIpc) is 3.48. The zero-order valence-electron chi connectivity index (χ0n) is 20.7. The van der Waals surface area contributed by atoms with Crippen LogP contribution in [0.25, 0.3) is 0 Å². The van der Waals surface area contributed by atoms with Crippen LogP contribution in [0.15, 0.2) is 0 Å². The largest absolute Gasteiger partial charge is 0.351 e. The van der Waals surface area contributed by atoms with Crippen molar-refractivity contribution < 1.29 is 19.2 Å². The van der Waals surface area contributed by atoms with Gasteiger partial charge < -0.3 is 14.7 Å². The Balaban J connectivity index is 1.73. The van der Waals surface area contributed by atoms with Gasteiger partial charge in [-0.05, 0) is 52.1 Å². The molecule has 35 heavy (non-hydrogen) atoms. The number of halogens is 2. The zero-order chi connectivity index (χ0) is 25.7. The Bertz CT molecular complexity index is 871. The van der Waals surface area contributed by atoms with Crippen LogP contribution in [0.3, 0.4) is 0 Å². The van der Waals surface area contributed by atoms with Crippen LogP contribution in [-0.2, 0) is 9.59 Å². The van der Waals surface area contributed by atoms with E-state index in [2.05, 4.69) is 30.6 Å². The minimum atomic E-state index is -0.726. The number of hydrogen-bond acceptors (Lipinski definition) is 9. The van der Waals surface area contributed by atoms with Gasteiger partial charge in [0.1, 0.15) is 0 Å². The molecule has 1 aromatic heterocycles. The van der Waals surface area contributed by atoms with E-state index in [0.717, 1.165) is 25.7 Å². The summed E-state index contributed by atoms with van der Waals surface area (Å²) < 4.78 is 15.4. The molecule has 2 unspecified atom stereocenters. The van der Waals surface area contributed by atoms with Gasteiger partial charge in [-0.1, -0.05) is 25.7 Å². The van der Waals surface area contributed by atoms with Crippen molar-refractivity contribution in [3.8, 4) is 0 Å². The van der Waals surface area contributed by atoms with E-state index in [1.807, 2.05) is 33.1 Å². The molecule has 2 heterocycles. The molecule has 1 saturated heterocycles. The normalized spacial score (nSPS) is 21.6. The molecule has 3 atom stereocenters. The van der Waals surface area contributed by atoms with Crippen molar-refractivity contribution in [3.63, 3.8) is 0 Å². The Morgan fingerprint density at radius 3 is 2.34 bits per heavy atom. The van der Waals surface area contributed by atoms with Gasteiger partial charge in [0.15, 0.2) is 11.6 Å². The molecule has 0 spiro atoms. The maximum atomic E-state index is 15.4. The van der Waals surface area contributed by atoms with Crippen molar-refractivity contribution in [1.82, 2.24) is 30.3 Å². The highest BCUT2D eigenvalue weighted by molar-refractivity contribution is 6.28. The van der Waals surface area contributed by atoms with Crippen molar-refractivity contribution in [3.05, 3.63) is 11.1 Å². The summed E-state index contributed by atoms with van der Waals surface area (Å²) in [5.74, 6) is -1.72. The Hall–Kier alpha value is -2.28. The third-order valence-corrected chi connectivity index (χ3v) is 7.16. The number of amides is 2. The summed E-state index contributed by atoms with van der Waals surface area (Å²) in [5.41, 5.74) is 5.01. The summed E-state index contributed by atoms with van der Waals surface area (Å²) in [7, 11) is 7.93. The second-order valence-electron chi connectivity index (χ2n) is 9.87. The molecule has 13 heteroatoms. The fourth-order valence-corrected chi connectivity index (χ4v) is 5.23. The lowest BCUT2D eigenvalue weighted by atomic mass is 9.92. The van der Waals surface area contributed by atoms with Crippen molar-refractivity contribution in [2.45, 2.75) is 44.2 Å². The Morgan fingerprint density at radius 2 is 1.80 bits per heavy atom. The molecule has 1 saturated carbocycles. The Morgan fingerprint density at radius 1 is 1.20 bits per heavy atom. The molecule has 11 nitrogen and oxygen atoms in total. The number of nitrogens with zero attached hydrogens (tertiary/aromatic N) is 6. The van der Waals surface area contributed by atoms with E-state index in [1.54, 1.807) is 0 Å². The predicted molar refractivity (Wildman–Crippen MR) is 131 cm³/mol. The molecule has 0 radical (unpaired) electrons. The molecule has 2 aliphatic rings. The molecular formula is C22H36ClFN8O3. The van der Waals surface area contributed by atoms with E-state index < -0.39 is 17.6 Å². The second-order valence-corrected chi connectivity index (χ2v) is 10.2. The molecule has 1 aromatic rings. The van der Waals surface area contributed by atoms with E-state index in [0.29, 0.717) is 30.5 Å². The summed E-state index contributed by atoms with van der Waals surface area (Å²) in [5, 5.41) is 9.95. The topological polar surface area (TPSA) is 117 Å². The molecule has 0 bridgehead atoms. The van der Waals surface area contributed by atoms with Gasteiger partial charge in [-0.3, -0.25) is 25.6 Å².